The van der Waals surface area contributed by atoms with Gasteiger partial charge >= 0.3 is 0 Å². The van der Waals surface area contributed by atoms with Crippen LogP contribution in [0.5, 0.6) is 0 Å². The summed E-state index contributed by atoms with van der Waals surface area (Å²) in [5.41, 5.74) is 18.6. The van der Waals surface area contributed by atoms with Gasteiger partial charge in [-0.1, -0.05) is 152 Å². The molecule has 0 aromatic heterocycles. The van der Waals surface area contributed by atoms with E-state index in [4.69, 9.17) is 0 Å². The standard InChI is InChI=1S/C46H26/c1-2-12-30(13-3-1)41-43-32-16-6-4-10-27(32)20-24-37(43)46-42(44-33-17-7-5-11-28(33)21-25-38(44)45(41)46)31-22-23-34-35-18-8-14-29-15-9-19-36(40(29)35)39(34)26-31/h1-26H. The molecule has 8 aromatic carbocycles. The molecule has 0 N–H and O–H groups in total. The Morgan fingerprint density at radius 1 is 0.261 bits per heavy atom. The van der Waals surface area contributed by atoms with Crippen molar-refractivity contribution in [2.45, 2.75) is 0 Å². The highest BCUT2D eigenvalue weighted by Crippen LogP contribution is 2.61. The largest absolute Gasteiger partial charge is 0.0622 e. The van der Waals surface area contributed by atoms with E-state index in [-0.39, 0.29) is 0 Å². The lowest BCUT2D eigenvalue weighted by Crippen LogP contribution is -1.95. The van der Waals surface area contributed by atoms with E-state index in [0.717, 1.165) is 0 Å². The maximum atomic E-state index is 2.47. The number of benzene rings is 8. The average molecular weight is 579 g/mol. The van der Waals surface area contributed by atoms with Crippen molar-refractivity contribution in [1.82, 2.24) is 0 Å². The van der Waals surface area contributed by atoms with Crippen molar-refractivity contribution >= 4 is 54.6 Å². The van der Waals surface area contributed by atoms with Crippen LogP contribution in [0.15, 0.2) is 158 Å². The van der Waals surface area contributed by atoms with Gasteiger partial charge in [-0.2, -0.15) is 0 Å². The van der Waals surface area contributed by atoms with Gasteiger partial charge in [0.05, 0.1) is 0 Å². The topological polar surface area (TPSA) is 0 Å². The summed E-state index contributed by atoms with van der Waals surface area (Å²) >= 11 is 0. The minimum Gasteiger partial charge on any atom is -0.0622 e. The SMILES string of the molecule is c1ccc(C2=C3C(=C(c4ccc5c(c4)-c4cccc6cccc-5c46)c4c3ccc3ccccc43)c3ccc4ccccc4c32)cc1. The maximum absolute atomic E-state index is 2.47. The molecule has 0 spiro atoms. The van der Waals surface area contributed by atoms with Crippen LogP contribution in [-0.4, -0.2) is 0 Å². The third-order valence-electron chi connectivity index (χ3n) is 10.5. The molecule has 0 atom stereocenters. The normalized spacial score (nSPS) is 13.9. The molecule has 0 aliphatic heterocycles. The molecule has 8 aromatic rings. The highest BCUT2D eigenvalue weighted by molar-refractivity contribution is 6.38. The molecule has 3 aliphatic carbocycles. The summed E-state index contributed by atoms with van der Waals surface area (Å²) < 4.78 is 0. The Morgan fingerprint density at radius 2 is 0.783 bits per heavy atom. The molecule has 0 heteroatoms. The Hall–Kier alpha value is -5.98. The third kappa shape index (κ3) is 3.04. The lowest BCUT2D eigenvalue weighted by Gasteiger charge is -2.16. The van der Waals surface area contributed by atoms with Crippen LogP contribution in [0.3, 0.4) is 0 Å². The Morgan fingerprint density at radius 3 is 1.43 bits per heavy atom. The Kier molecular flexibility index (Phi) is 4.66. The molecule has 0 heterocycles. The molecule has 0 fully saturated rings. The zero-order chi connectivity index (χ0) is 29.9. The average Bonchev–Trinajstić information content (AvgIpc) is 3.76. The van der Waals surface area contributed by atoms with Crippen molar-refractivity contribution in [3.05, 3.63) is 191 Å². The predicted molar refractivity (Wildman–Crippen MR) is 195 cm³/mol. The first-order valence-corrected chi connectivity index (χ1v) is 16.1. The molecule has 0 radical (unpaired) electrons. The first kappa shape index (κ1) is 24.4. The first-order chi connectivity index (χ1) is 22.8. The van der Waals surface area contributed by atoms with Gasteiger partial charge in [0.2, 0.25) is 0 Å². The van der Waals surface area contributed by atoms with Crippen LogP contribution in [0.2, 0.25) is 0 Å². The molecular formula is C46H26. The number of hydrogen-bond donors (Lipinski definition) is 0. The van der Waals surface area contributed by atoms with Gasteiger partial charge in [-0.3, -0.25) is 0 Å². The Labute approximate surface area is 267 Å². The van der Waals surface area contributed by atoms with Gasteiger partial charge in [0.25, 0.3) is 0 Å². The molecular weight excluding hydrogens is 553 g/mol. The van der Waals surface area contributed by atoms with Gasteiger partial charge < -0.3 is 0 Å². The summed E-state index contributed by atoms with van der Waals surface area (Å²) in [4.78, 5) is 0. The number of rotatable bonds is 2. The van der Waals surface area contributed by atoms with Crippen LogP contribution in [0.4, 0.5) is 0 Å². The maximum Gasteiger partial charge on any atom is -0.000717 e. The molecule has 46 heavy (non-hydrogen) atoms. The fourth-order valence-corrected chi connectivity index (χ4v) is 8.67. The van der Waals surface area contributed by atoms with E-state index in [1.54, 1.807) is 0 Å². The molecule has 0 nitrogen and oxygen atoms in total. The van der Waals surface area contributed by atoms with Crippen molar-refractivity contribution < 1.29 is 0 Å². The second kappa shape index (κ2) is 8.81. The highest BCUT2D eigenvalue weighted by atomic mass is 14.4. The zero-order valence-corrected chi connectivity index (χ0v) is 25.0. The molecule has 0 bridgehead atoms. The summed E-state index contributed by atoms with van der Waals surface area (Å²) in [6.45, 7) is 0. The monoisotopic (exact) mass is 578 g/mol. The Bertz CT molecular complexity index is 2710. The molecule has 0 saturated carbocycles. The van der Waals surface area contributed by atoms with Crippen molar-refractivity contribution in [3.63, 3.8) is 0 Å². The van der Waals surface area contributed by atoms with Crippen LogP contribution >= 0.6 is 0 Å². The zero-order valence-electron chi connectivity index (χ0n) is 25.0. The van der Waals surface area contributed by atoms with Crippen molar-refractivity contribution in [2.24, 2.45) is 0 Å². The number of hydrogen-bond acceptors (Lipinski definition) is 0. The van der Waals surface area contributed by atoms with Crippen molar-refractivity contribution in [2.75, 3.05) is 0 Å². The van der Waals surface area contributed by atoms with Gasteiger partial charge in [0.15, 0.2) is 0 Å². The van der Waals surface area contributed by atoms with Gasteiger partial charge in [-0.15, -0.1) is 0 Å². The predicted octanol–water partition coefficient (Wildman–Crippen LogP) is 12.0. The fraction of sp³-hybridized carbons (Fsp3) is 0. The summed E-state index contributed by atoms with van der Waals surface area (Å²) in [6.07, 6.45) is 0. The van der Waals surface area contributed by atoms with Crippen LogP contribution in [0.1, 0.15) is 33.4 Å². The quantitative estimate of drug-likeness (QED) is 0.191. The van der Waals surface area contributed by atoms with Crippen LogP contribution in [0, 0.1) is 0 Å². The minimum absolute atomic E-state index is 1.27. The van der Waals surface area contributed by atoms with Crippen molar-refractivity contribution in [3.8, 4) is 22.3 Å². The second-order valence-electron chi connectivity index (χ2n) is 12.8. The number of allylic oxidation sites excluding steroid dienone is 2. The van der Waals surface area contributed by atoms with Gasteiger partial charge in [-0.25, -0.2) is 0 Å². The van der Waals surface area contributed by atoms with Crippen LogP contribution < -0.4 is 0 Å². The highest BCUT2D eigenvalue weighted by Gasteiger charge is 2.39. The Balaban J connectivity index is 1.30. The van der Waals surface area contributed by atoms with Gasteiger partial charge in [0, 0.05) is 0 Å². The third-order valence-corrected chi connectivity index (χ3v) is 10.5. The molecule has 0 unspecified atom stereocenters. The fourth-order valence-electron chi connectivity index (χ4n) is 8.67. The van der Waals surface area contributed by atoms with E-state index in [2.05, 4.69) is 158 Å². The van der Waals surface area contributed by atoms with Gasteiger partial charge in [-0.05, 0) is 116 Å². The molecule has 0 saturated heterocycles. The van der Waals surface area contributed by atoms with E-state index in [1.807, 2.05) is 0 Å². The smallest absolute Gasteiger partial charge is 0.000717 e. The van der Waals surface area contributed by atoms with Crippen LogP contribution in [0.25, 0.3) is 76.9 Å². The minimum atomic E-state index is 1.27. The summed E-state index contributed by atoms with van der Waals surface area (Å²) in [5, 5.41) is 7.85. The first-order valence-electron chi connectivity index (χ1n) is 16.1. The summed E-state index contributed by atoms with van der Waals surface area (Å²) in [5.74, 6) is 0. The van der Waals surface area contributed by atoms with Gasteiger partial charge in [0.1, 0.15) is 0 Å². The molecule has 0 amide bonds. The van der Waals surface area contributed by atoms with E-state index in [0.29, 0.717) is 0 Å². The van der Waals surface area contributed by atoms with E-state index >= 15 is 0 Å². The van der Waals surface area contributed by atoms with Crippen molar-refractivity contribution in [1.29, 1.82) is 0 Å². The lowest BCUT2D eigenvalue weighted by atomic mass is 9.87. The van der Waals surface area contributed by atoms with E-state index in [9.17, 15) is 0 Å². The summed E-state index contributed by atoms with van der Waals surface area (Å²) in [7, 11) is 0. The number of fused-ring (bicyclic) bond motifs is 12. The van der Waals surface area contributed by atoms with Crippen LogP contribution in [-0.2, 0) is 0 Å². The molecule has 11 rings (SSSR count). The second-order valence-corrected chi connectivity index (χ2v) is 12.8. The summed E-state index contributed by atoms with van der Waals surface area (Å²) in [6, 6.07) is 58.8. The lowest BCUT2D eigenvalue weighted by molar-refractivity contribution is 1.56. The van der Waals surface area contributed by atoms with E-state index < -0.39 is 0 Å². The molecule has 210 valence electrons. The van der Waals surface area contributed by atoms with E-state index in [1.165, 1.54) is 110 Å². The molecule has 3 aliphatic rings.